The van der Waals surface area contributed by atoms with Gasteiger partial charge in [-0.3, -0.25) is 20.4 Å². The summed E-state index contributed by atoms with van der Waals surface area (Å²) in [6.45, 7) is -0.389. The van der Waals surface area contributed by atoms with Crippen LogP contribution in [0, 0.1) is 0 Å². The molecular weight excluding hydrogens is 378 g/mol. The molecule has 0 aliphatic carbocycles. The Balaban J connectivity index is 1.75. The zero-order valence-electron chi connectivity index (χ0n) is 12.4. The van der Waals surface area contributed by atoms with Crippen LogP contribution in [0.3, 0.4) is 0 Å². The summed E-state index contributed by atoms with van der Waals surface area (Å²) in [6.07, 6.45) is 1.28. The molecule has 8 heteroatoms. The molecule has 0 fully saturated rings. The van der Waals surface area contributed by atoms with Gasteiger partial charge in [-0.25, -0.2) is 0 Å². The van der Waals surface area contributed by atoms with E-state index in [2.05, 4.69) is 31.9 Å². The fourth-order valence-electron chi connectivity index (χ4n) is 1.66. The van der Waals surface area contributed by atoms with Crippen LogP contribution in [-0.2, 0) is 9.63 Å². The average molecular weight is 392 g/mol. The van der Waals surface area contributed by atoms with E-state index in [1.807, 2.05) is 0 Å². The summed E-state index contributed by atoms with van der Waals surface area (Å²) in [4.78, 5) is 28.2. The lowest BCUT2D eigenvalue weighted by Gasteiger charge is -2.07. The lowest BCUT2D eigenvalue weighted by atomic mass is 10.2. The third-order valence-corrected chi connectivity index (χ3v) is 3.52. The van der Waals surface area contributed by atoms with Gasteiger partial charge in [0.15, 0.2) is 6.61 Å². The van der Waals surface area contributed by atoms with E-state index in [1.165, 1.54) is 12.3 Å². The second-order valence-electron chi connectivity index (χ2n) is 4.55. The van der Waals surface area contributed by atoms with Gasteiger partial charge in [0, 0.05) is 10.0 Å². The first-order valence-corrected chi connectivity index (χ1v) is 7.64. The highest BCUT2D eigenvalue weighted by molar-refractivity contribution is 9.10. The summed E-state index contributed by atoms with van der Waals surface area (Å²) in [5, 5.41) is 13.1. The molecule has 24 heavy (non-hydrogen) atoms. The van der Waals surface area contributed by atoms with Gasteiger partial charge in [-0.15, -0.1) is 0 Å². The van der Waals surface area contributed by atoms with Crippen LogP contribution >= 0.6 is 15.9 Å². The smallest absolute Gasteiger partial charge is 0.279 e. The number of amides is 2. The number of nitrogens with one attached hydrogen (secondary N) is 2. The van der Waals surface area contributed by atoms with Crippen molar-refractivity contribution in [1.29, 1.82) is 0 Å². The SMILES string of the molecule is O=C(CO/N=C\c1ccccc1O)NNC(=O)c1ccccc1Br. The number of carbonyl (C=O) groups is 2. The molecule has 2 aromatic rings. The van der Waals surface area contributed by atoms with Gasteiger partial charge in [-0.2, -0.15) is 0 Å². The molecule has 3 N–H and O–H groups in total. The predicted molar refractivity (Wildman–Crippen MR) is 91.4 cm³/mol. The Kier molecular flexibility index (Phi) is 6.32. The summed E-state index contributed by atoms with van der Waals surface area (Å²) < 4.78 is 0.611. The van der Waals surface area contributed by atoms with Gasteiger partial charge in [0.05, 0.1) is 11.8 Å². The topological polar surface area (TPSA) is 100 Å². The number of carbonyl (C=O) groups excluding carboxylic acids is 2. The lowest BCUT2D eigenvalue weighted by Crippen LogP contribution is -2.43. The summed E-state index contributed by atoms with van der Waals surface area (Å²) in [6, 6.07) is 13.4. The van der Waals surface area contributed by atoms with E-state index in [4.69, 9.17) is 4.84 Å². The first-order chi connectivity index (χ1) is 11.6. The molecule has 0 aliphatic heterocycles. The van der Waals surface area contributed by atoms with Gasteiger partial charge in [-0.1, -0.05) is 29.4 Å². The number of para-hydroxylation sites is 1. The zero-order valence-corrected chi connectivity index (χ0v) is 14.0. The molecule has 0 radical (unpaired) electrons. The first-order valence-electron chi connectivity index (χ1n) is 6.85. The van der Waals surface area contributed by atoms with Gasteiger partial charge in [0.2, 0.25) is 0 Å². The molecule has 0 saturated carbocycles. The highest BCUT2D eigenvalue weighted by atomic mass is 79.9. The summed E-state index contributed by atoms with van der Waals surface area (Å²) in [5.41, 5.74) is 5.32. The van der Waals surface area contributed by atoms with Crippen LogP contribution in [0.2, 0.25) is 0 Å². The Hall–Kier alpha value is -2.87. The fourth-order valence-corrected chi connectivity index (χ4v) is 2.13. The van der Waals surface area contributed by atoms with Crippen molar-refractivity contribution in [3.8, 4) is 5.75 Å². The minimum absolute atomic E-state index is 0.0509. The number of nitrogens with zero attached hydrogens (tertiary/aromatic N) is 1. The quantitative estimate of drug-likeness (QED) is 0.535. The maximum atomic E-state index is 11.9. The van der Waals surface area contributed by atoms with Crippen molar-refractivity contribution in [1.82, 2.24) is 10.9 Å². The van der Waals surface area contributed by atoms with Gasteiger partial charge in [0.1, 0.15) is 5.75 Å². The molecule has 0 saturated heterocycles. The minimum atomic E-state index is -0.579. The molecule has 0 heterocycles. The van der Waals surface area contributed by atoms with E-state index < -0.39 is 11.8 Å². The highest BCUT2D eigenvalue weighted by Gasteiger charge is 2.10. The molecule has 2 amide bonds. The van der Waals surface area contributed by atoms with Crippen molar-refractivity contribution < 1.29 is 19.5 Å². The van der Waals surface area contributed by atoms with Crippen LogP contribution in [-0.4, -0.2) is 29.7 Å². The van der Waals surface area contributed by atoms with E-state index in [1.54, 1.807) is 42.5 Å². The zero-order chi connectivity index (χ0) is 17.4. The molecule has 0 aliphatic rings. The summed E-state index contributed by atoms with van der Waals surface area (Å²) in [7, 11) is 0. The number of hydrogen-bond acceptors (Lipinski definition) is 5. The fraction of sp³-hybridized carbons (Fsp3) is 0.0625. The number of phenols is 1. The minimum Gasteiger partial charge on any atom is -0.507 e. The molecule has 0 aromatic heterocycles. The molecule has 0 spiro atoms. The number of phenolic OH excluding ortho intramolecular Hbond substituents is 1. The van der Waals surface area contributed by atoms with Crippen molar-refractivity contribution in [2.45, 2.75) is 0 Å². The second kappa shape index (κ2) is 8.68. The van der Waals surface area contributed by atoms with Gasteiger partial charge >= 0.3 is 0 Å². The number of benzene rings is 2. The van der Waals surface area contributed by atoms with Crippen molar-refractivity contribution in [3.05, 3.63) is 64.1 Å². The van der Waals surface area contributed by atoms with E-state index >= 15 is 0 Å². The Labute approximate surface area is 146 Å². The van der Waals surface area contributed by atoms with E-state index in [0.29, 0.717) is 15.6 Å². The molecule has 7 nitrogen and oxygen atoms in total. The summed E-state index contributed by atoms with van der Waals surface area (Å²) >= 11 is 3.25. The maximum Gasteiger partial charge on any atom is 0.279 e. The third kappa shape index (κ3) is 5.10. The highest BCUT2D eigenvalue weighted by Crippen LogP contribution is 2.15. The number of hydrazine groups is 1. The van der Waals surface area contributed by atoms with Crippen LogP contribution in [0.1, 0.15) is 15.9 Å². The molecule has 0 bridgehead atoms. The largest absolute Gasteiger partial charge is 0.507 e. The Morgan fingerprint density at radius 2 is 1.83 bits per heavy atom. The second-order valence-corrected chi connectivity index (χ2v) is 5.40. The van der Waals surface area contributed by atoms with E-state index in [0.717, 1.165) is 0 Å². The molecule has 2 aromatic carbocycles. The van der Waals surface area contributed by atoms with E-state index in [-0.39, 0.29) is 12.4 Å². The van der Waals surface area contributed by atoms with Crippen molar-refractivity contribution in [2.75, 3.05) is 6.61 Å². The Morgan fingerprint density at radius 3 is 2.58 bits per heavy atom. The van der Waals surface area contributed by atoms with Crippen LogP contribution in [0.25, 0.3) is 0 Å². The molecule has 0 atom stereocenters. The third-order valence-electron chi connectivity index (χ3n) is 2.83. The first kappa shape index (κ1) is 17.5. The van der Waals surface area contributed by atoms with Crippen molar-refractivity contribution in [2.24, 2.45) is 5.16 Å². The number of rotatable bonds is 5. The van der Waals surface area contributed by atoms with Crippen molar-refractivity contribution >= 4 is 34.0 Å². The van der Waals surface area contributed by atoms with Gasteiger partial charge < -0.3 is 9.94 Å². The van der Waals surface area contributed by atoms with E-state index in [9.17, 15) is 14.7 Å². The Morgan fingerprint density at radius 1 is 1.12 bits per heavy atom. The average Bonchev–Trinajstić information content (AvgIpc) is 2.58. The van der Waals surface area contributed by atoms with Crippen LogP contribution < -0.4 is 10.9 Å². The monoisotopic (exact) mass is 391 g/mol. The molecular formula is C16H14BrN3O4. The van der Waals surface area contributed by atoms with Crippen LogP contribution in [0.4, 0.5) is 0 Å². The van der Waals surface area contributed by atoms with Crippen molar-refractivity contribution in [3.63, 3.8) is 0 Å². The predicted octanol–water partition coefficient (Wildman–Crippen LogP) is 1.97. The van der Waals surface area contributed by atoms with Crippen LogP contribution in [0.15, 0.2) is 58.2 Å². The van der Waals surface area contributed by atoms with Gasteiger partial charge in [-0.05, 0) is 40.2 Å². The lowest BCUT2D eigenvalue weighted by molar-refractivity contribution is -0.126. The number of aromatic hydroxyl groups is 1. The Bertz CT molecular complexity index is 764. The maximum absolute atomic E-state index is 11.9. The molecule has 0 unspecified atom stereocenters. The standard InChI is InChI=1S/C16H14BrN3O4/c17-13-7-3-2-6-12(13)16(23)20-19-15(22)10-24-18-9-11-5-1-4-8-14(11)21/h1-9,21H,10H2,(H,19,22)(H,20,23)/b18-9-. The van der Waals surface area contributed by atoms with Crippen LogP contribution in [0.5, 0.6) is 5.75 Å². The molecule has 2 rings (SSSR count). The number of hydrogen-bond donors (Lipinski definition) is 3. The normalized spacial score (nSPS) is 10.4. The summed E-state index contributed by atoms with van der Waals surface area (Å²) in [5.74, 6) is -0.992. The number of halogens is 1. The van der Waals surface area contributed by atoms with Gasteiger partial charge in [0.25, 0.3) is 11.8 Å². The number of oxime groups is 1. The molecule has 124 valence electrons.